The van der Waals surface area contributed by atoms with Crippen LogP contribution in [0.15, 0.2) is 40.9 Å². The number of amides is 1. The van der Waals surface area contributed by atoms with Gasteiger partial charge in [-0.1, -0.05) is 11.6 Å². The molecular formula is C15H13BrClNO3. The Kier molecular flexibility index (Phi) is 5.09. The third-order valence-corrected chi connectivity index (χ3v) is 3.72. The Labute approximate surface area is 136 Å². The zero-order valence-corrected chi connectivity index (χ0v) is 13.8. The number of benzene rings is 2. The summed E-state index contributed by atoms with van der Waals surface area (Å²) in [5.74, 6) is 0.910. The molecule has 0 aliphatic carbocycles. The summed E-state index contributed by atoms with van der Waals surface area (Å²) in [5, 5.41) is 3.35. The molecular weight excluding hydrogens is 358 g/mol. The van der Waals surface area contributed by atoms with Crippen molar-refractivity contribution in [2.24, 2.45) is 0 Å². The second-order valence-corrected chi connectivity index (χ2v) is 5.44. The minimum Gasteiger partial charge on any atom is -0.497 e. The summed E-state index contributed by atoms with van der Waals surface area (Å²) in [4.78, 5) is 12.3. The largest absolute Gasteiger partial charge is 0.497 e. The number of rotatable bonds is 4. The van der Waals surface area contributed by atoms with E-state index in [4.69, 9.17) is 21.1 Å². The predicted molar refractivity (Wildman–Crippen MR) is 86.7 cm³/mol. The maximum Gasteiger partial charge on any atom is 0.256 e. The molecule has 21 heavy (non-hydrogen) atoms. The number of hydrogen-bond donors (Lipinski definition) is 1. The van der Waals surface area contributed by atoms with Crippen LogP contribution in [0.2, 0.25) is 5.02 Å². The van der Waals surface area contributed by atoms with Gasteiger partial charge >= 0.3 is 0 Å². The molecule has 2 aromatic carbocycles. The van der Waals surface area contributed by atoms with E-state index in [0.717, 1.165) is 0 Å². The fraction of sp³-hybridized carbons (Fsp3) is 0.133. The van der Waals surface area contributed by atoms with Gasteiger partial charge in [0.1, 0.15) is 11.5 Å². The predicted octanol–water partition coefficient (Wildman–Crippen LogP) is 4.37. The van der Waals surface area contributed by atoms with Gasteiger partial charge in [-0.2, -0.15) is 0 Å². The first-order valence-corrected chi connectivity index (χ1v) is 7.20. The van der Waals surface area contributed by atoms with E-state index in [9.17, 15) is 4.79 Å². The molecule has 0 unspecified atom stereocenters. The van der Waals surface area contributed by atoms with Crippen LogP contribution in [0.3, 0.4) is 0 Å². The molecule has 2 rings (SSSR count). The van der Waals surface area contributed by atoms with Gasteiger partial charge in [0, 0.05) is 15.6 Å². The number of anilines is 1. The van der Waals surface area contributed by atoms with Gasteiger partial charge in [-0.15, -0.1) is 0 Å². The molecule has 0 saturated heterocycles. The molecule has 2 aromatic rings. The molecule has 0 fully saturated rings. The quantitative estimate of drug-likeness (QED) is 0.869. The van der Waals surface area contributed by atoms with Crippen LogP contribution in [0.4, 0.5) is 5.69 Å². The van der Waals surface area contributed by atoms with Crippen LogP contribution < -0.4 is 14.8 Å². The van der Waals surface area contributed by atoms with Gasteiger partial charge in [0.15, 0.2) is 0 Å². The fourth-order valence-corrected chi connectivity index (χ4v) is 2.63. The van der Waals surface area contributed by atoms with Crippen LogP contribution in [0.25, 0.3) is 0 Å². The van der Waals surface area contributed by atoms with Gasteiger partial charge in [0.2, 0.25) is 0 Å². The van der Waals surface area contributed by atoms with Crippen LogP contribution >= 0.6 is 27.5 Å². The maximum atomic E-state index is 12.3. The highest BCUT2D eigenvalue weighted by molar-refractivity contribution is 9.10. The van der Waals surface area contributed by atoms with Crippen molar-refractivity contribution in [3.8, 4) is 11.5 Å². The molecule has 0 aromatic heterocycles. The lowest BCUT2D eigenvalue weighted by Crippen LogP contribution is -2.13. The average molecular weight is 371 g/mol. The van der Waals surface area contributed by atoms with Gasteiger partial charge < -0.3 is 14.8 Å². The van der Waals surface area contributed by atoms with Gasteiger partial charge in [-0.3, -0.25) is 4.79 Å². The van der Waals surface area contributed by atoms with Crippen molar-refractivity contribution >= 4 is 39.1 Å². The molecule has 1 amide bonds. The first-order chi connectivity index (χ1) is 10.0. The minimum atomic E-state index is -0.262. The summed E-state index contributed by atoms with van der Waals surface area (Å²) in [7, 11) is 3.10. The van der Waals surface area contributed by atoms with Gasteiger partial charge in [-0.25, -0.2) is 0 Å². The van der Waals surface area contributed by atoms with Crippen LogP contribution in [-0.4, -0.2) is 20.1 Å². The molecule has 0 heterocycles. The van der Waals surface area contributed by atoms with Crippen molar-refractivity contribution in [3.63, 3.8) is 0 Å². The zero-order valence-electron chi connectivity index (χ0n) is 11.4. The van der Waals surface area contributed by atoms with Crippen molar-refractivity contribution < 1.29 is 14.3 Å². The van der Waals surface area contributed by atoms with Crippen molar-refractivity contribution in [2.45, 2.75) is 0 Å². The third kappa shape index (κ3) is 3.68. The van der Waals surface area contributed by atoms with E-state index in [1.54, 1.807) is 43.5 Å². The number of nitrogens with one attached hydrogen (secondary N) is 1. The van der Waals surface area contributed by atoms with E-state index in [2.05, 4.69) is 21.2 Å². The monoisotopic (exact) mass is 369 g/mol. The molecule has 1 N–H and O–H groups in total. The number of halogens is 2. The molecule has 0 radical (unpaired) electrons. The van der Waals surface area contributed by atoms with Crippen molar-refractivity contribution in [3.05, 3.63) is 51.5 Å². The molecule has 0 aliphatic rings. The van der Waals surface area contributed by atoms with Crippen molar-refractivity contribution in [1.82, 2.24) is 0 Å². The number of carbonyl (C=O) groups excluding carboxylic acids is 1. The standard InChI is InChI=1S/C15H13BrClNO3/c1-20-10-4-6-13(14(8-10)21-2)18-15(19)11-5-3-9(17)7-12(11)16/h3-8H,1-2H3,(H,18,19). The Balaban J connectivity index is 2.27. The van der Waals surface area contributed by atoms with E-state index >= 15 is 0 Å². The molecule has 0 saturated carbocycles. The number of carbonyl (C=O) groups is 1. The Morgan fingerprint density at radius 2 is 1.90 bits per heavy atom. The molecule has 0 spiro atoms. The summed E-state index contributed by atoms with van der Waals surface area (Å²) in [6, 6.07) is 10.1. The van der Waals surface area contributed by atoms with Gasteiger partial charge in [0.25, 0.3) is 5.91 Å². The molecule has 0 atom stereocenters. The summed E-state index contributed by atoms with van der Waals surface area (Å²) in [6.07, 6.45) is 0. The Morgan fingerprint density at radius 3 is 2.52 bits per heavy atom. The van der Waals surface area contributed by atoms with Gasteiger partial charge in [-0.05, 0) is 46.3 Å². The first kappa shape index (κ1) is 15.7. The van der Waals surface area contributed by atoms with Crippen LogP contribution in [0.1, 0.15) is 10.4 Å². The smallest absolute Gasteiger partial charge is 0.256 e. The number of ether oxygens (including phenoxy) is 2. The molecule has 0 bridgehead atoms. The Hall–Kier alpha value is -1.72. The summed E-state index contributed by atoms with van der Waals surface area (Å²) in [6.45, 7) is 0. The lowest BCUT2D eigenvalue weighted by atomic mass is 10.2. The van der Waals surface area contributed by atoms with E-state index in [0.29, 0.717) is 32.2 Å². The molecule has 4 nitrogen and oxygen atoms in total. The lowest BCUT2D eigenvalue weighted by molar-refractivity contribution is 0.102. The van der Waals surface area contributed by atoms with E-state index in [1.807, 2.05) is 0 Å². The number of methoxy groups -OCH3 is 2. The van der Waals surface area contributed by atoms with Crippen LogP contribution in [-0.2, 0) is 0 Å². The third-order valence-electron chi connectivity index (χ3n) is 2.83. The van der Waals surface area contributed by atoms with E-state index in [-0.39, 0.29) is 5.91 Å². The summed E-state index contributed by atoms with van der Waals surface area (Å²) in [5.41, 5.74) is 1.04. The van der Waals surface area contributed by atoms with Crippen molar-refractivity contribution in [1.29, 1.82) is 0 Å². The minimum absolute atomic E-state index is 0.262. The lowest BCUT2D eigenvalue weighted by Gasteiger charge is -2.12. The number of hydrogen-bond acceptors (Lipinski definition) is 3. The first-order valence-electron chi connectivity index (χ1n) is 6.03. The Bertz CT molecular complexity index is 676. The highest BCUT2D eigenvalue weighted by Crippen LogP contribution is 2.30. The van der Waals surface area contributed by atoms with Crippen LogP contribution in [0.5, 0.6) is 11.5 Å². The van der Waals surface area contributed by atoms with Crippen LogP contribution in [0, 0.1) is 0 Å². The highest BCUT2D eigenvalue weighted by Gasteiger charge is 2.13. The summed E-state index contributed by atoms with van der Waals surface area (Å²) >= 11 is 9.19. The normalized spacial score (nSPS) is 10.1. The van der Waals surface area contributed by atoms with Gasteiger partial charge in [0.05, 0.1) is 25.5 Å². The van der Waals surface area contributed by atoms with E-state index < -0.39 is 0 Å². The zero-order chi connectivity index (χ0) is 15.4. The fourth-order valence-electron chi connectivity index (χ4n) is 1.77. The Morgan fingerprint density at radius 1 is 1.14 bits per heavy atom. The van der Waals surface area contributed by atoms with Crippen molar-refractivity contribution in [2.75, 3.05) is 19.5 Å². The maximum absolute atomic E-state index is 12.3. The average Bonchev–Trinajstić information content (AvgIpc) is 2.47. The second kappa shape index (κ2) is 6.83. The van der Waals surface area contributed by atoms with E-state index in [1.165, 1.54) is 7.11 Å². The summed E-state index contributed by atoms with van der Waals surface area (Å²) < 4.78 is 11.0. The molecule has 110 valence electrons. The second-order valence-electron chi connectivity index (χ2n) is 4.14. The molecule has 0 aliphatic heterocycles. The SMILES string of the molecule is COc1ccc(NC(=O)c2ccc(Cl)cc2Br)c(OC)c1. The topological polar surface area (TPSA) is 47.6 Å². The molecule has 6 heteroatoms. The highest BCUT2D eigenvalue weighted by atomic mass is 79.9.